The van der Waals surface area contributed by atoms with Gasteiger partial charge in [0.15, 0.2) is 0 Å². The average Bonchev–Trinajstić information content (AvgIpc) is 3.16. The fourth-order valence-corrected chi connectivity index (χ4v) is 4.25. The van der Waals surface area contributed by atoms with Crippen LogP contribution in [0.15, 0.2) is 72.8 Å². The van der Waals surface area contributed by atoms with Gasteiger partial charge in [-0.15, -0.1) is 4.68 Å². The summed E-state index contributed by atoms with van der Waals surface area (Å²) in [6, 6.07) is 18.6. The summed E-state index contributed by atoms with van der Waals surface area (Å²) in [5, 5.41) is 13.4. The van der Waals surface area contributed by atoms with E-state index in [0.717, 1.165) is 29.3 Å². The van der Waals surface area contributed by atoms with Gasteiger partial charge in [-0.3, -0.25) is 4.79 Å². The molecule has 39 heavy (non-hydrogen) atoms. The molecular weight excluding hydrogens is 530 g/mol. The van der Waals surface area contributed by atoms with Crippen molar-refractivity contribution in [2.24, 2.45) is 0 Å². The van der Waals surface area contributed by atoms with E-state index in [0.29, 0.717) is 16.8 Å². The number of esters is 1. The molecule has 204 valence electrons. The molecule has 1 heterocycles. The van der Waals surface area contributed by atoms with Crippen molar-refractivity contribution in [3.05, 3.63) is 106 Å². The van der Waals surface area contributed by atoms with Crippen molar-refractivity contribution < 1.29 is 45.5 Å². The normalized spacial score (nSPS) is 12.2. The van der Waals surface area contributed by atoms with Gasteiger partial charge in [0.1, 0.15) is 5.52 Å². The minimum absolute atomic E-state index is 0.147. The molecule has 0 saturated heterocycles. The zero-order valence-corrected chi connectivity index (χ0v) is 20.2. The van der Waals surface area contributed by atoms with Gasteiger partial charge >= 0.3 is 18.3 Å². The van der Waals surface area contributed by atoms with Gasteiger partial charge in [0.05, 0.1) is 17.5 Å². The Hall–Kier alpha value is -4.35. The summed E-state index contributed by atoms with van der Waals surface area (Å²) in [4.78, 5) is 26.4. The lowest BCUT2D eigenvalue weighted by Crippen LogP contribution is -2.45. The molecule has 3 aromatic carbocycles. The van der Waals surface area contributed by atoms with Crippen LogP contribution in [0.25, 0.3) is 10.9 Å². The fourth-order valence-electron chi connectivity index (χ4n) is 4.25. The maximum absolute atomic E-state index is 13.6. The highest BCUT2D eigenvalue weighted by molar-refractivity contribution is 6.17. The van der Waals surface area contributed by atoms with E-state index < -0.39 is 47.0 Å². The Labute approximate surface area is 217 Å². The molecule has 0 amide bonds. The molecule has 0 aliphatic carbocycles. The molecule has 0 saturated carbocycles. The molecule has 0 aliphatic heterocycles. The van der Waals surface area contributed by atoms with Crippen LogP contribution >= 0.6 is 0 Å². The Bertz CT molecular complexity index is 1510. The number of aryl methyl sites for hydroxylation is 1. The molecule has 4 rings (SSSR count). The van der Waals surface area contributed by atoms with Crippen LogP contribution < -0.4 is 4.85 Å². The van der Waals surface area contributed by atoms with Gasteiger partial charge in [-0.1, -0.05) is 53.4 Å². The van der Waals surface area contributed by atoms with Gasteiger partial charge in [-0.2, -0.15) is 26.3 Å². The lowest BCUT2D eigenvalue weighted by molar-refractivity contribution is -0.692. The number of halogens is 6. The van der Waals surface area contributed by atoms with E-state index in [1.807, 2.05) is 30.3 Å². The van der Waals surface area contributed by atoms with Crippen LogP contribution in [0.3, 0.4) is 0 Å². The van der Waals surface area contributed by atoms with Gasteiger partial charge in [0.2, 0.25) is 0 Å². The predicted octanol–water partition coefficient (Wildman–Crippen LogP) is 5.77. The first-order valence-electron chi connectivity index (χ1n) is 11.6. The molecule has 0 bridgehead atoms. The molecule has 12 heteroatoms. The third kappa shape index (κ3) is 5.59. The van der Waals surface area contributed by atoms with Crippen molar-refractivity contribution in [1.29, 1.82) is 0 Å². The summed E-state index contributed by atoms with van der Waals surface area (Å²) in [5.74, 6) is -3.08. The highest BCUT2D eigenvalue weighted by Gasteiger charge is 2.60. The van der Waals surface area contributed by atoms with E-state index in [9.17, 15) is 41.1 Å². The molecule has 0 N–H and O–H groups in total. The Morgan fingerprint density at radius 2 is 1.46 bits per heavy atom. The second-order valence-corrected chi connectivity index (χ2v) is 8.59. The van der Waals surface area contributed by atoms with E-state index in [-0.39, 0.29) is 11.9 Å². The first-order chi connectivity index (χ1) is 18.3. The highest BCUT2D eigenvalue weighted by Crippen LogP contribution is 2.36. The van der Waals surface area contributed by atoms with Crippen molar-refractivity contribution in [3.63, 3.8) is 0 Å². The number of hydrogen-bond donors (Lipinski definition) is 0. The number of nitrogens with zero attached hydrogens (tertiary/aromatic N) is 2. The summed E-state index contributed by atoms with van der Waals surface area (Å²) in [7, 11) is 0. The molecule has 0 aliphatic rings. The van der Waals surface area contributed by atoms with Crippen molar-refractivity contribution in [2.45, 2.75) is 38.3 Å². The molecule has 0 radical (unpaired) electrons. The highest BCUT2D eigenvalue weighted by atomic mass is 19.4. The van der Waals surface area contributed by atoms with Crippen LogP contribution in [0.1, 0.15) is 44.5 Å². The smallest absolute Gasteiger partial charge is 0.434 e. The standard InChI is InChI=1S/C27H20F6N2O4/c1-2-34-21-13-12-17(14-16-8-4-3-5-9-16)15-20(21)22(35(34)38)23(36)18-10-6-7-11-19(18)24(37)39-25(26(28,29)30)27(31,32)33/h3-13,15,25H,2,14H2,1H3. The van der Waals surface area contributed by atoms with Gasteiger partial charge < -0.3 is 9.94 Å². The Kier molecular flexibility index (Phi) is 7.40. The number of alkyl halides is 6. The van der Waals surface area contributed by atoms with Gasteiger partial charge in [0, 0.05) is 5.56 Å². The second kappa shape index (κ2) is 10.4. The number of rotatable bonds is 7. The minimum atomic E-state index is -5.94. The molecule has 0 atom stereocenters. The van der Waals surface area contributed by atoms with E-state index in [4.69, 9.17) is 0 Å². The molecule has 1 aromatic heterocycles. The zero-order chi connectivity index (χ0) is 28.5. The van der Waals surface area contributed by atoms with Crippen LogP contribution in [0.2, 0.25) is 0 Å². The van der Waals surface area contributed by atoms with Crippen molar-refractivity contribution in [1.82, 2.24) is 4.68 Å². The number of carbonyl (C=O) groups is 2. The maximum Gasteiger partial charge on any atom is 0.434 e. The van der Waals surface area contributed by atoms with E-state index >= 15 is 0 Å². The Morgan fingerprint density at radius 1 is 0.872 bits per heavy atom. The summed E-state index contributed by atoms with van der Waals surface area (Å²) >= 11 is 0. The largest absolute Gasteiger partial charge is 0.595 e. The summed E-state index contributed by atoms with van der Waals surface area (Å²) in [5.41, 5.74) is 0.193. The third-order valence-corrected chi connectivity index (χ3v) is 5.98. The number of fused-ring (bicyclic) bond motifs is 1. The number of carbonyl (C=O) groups excluding carboxylic acids is 2. The van der Waals surface area contributed by atoms with Crippen molar-refractivity contribution >= 4 is 22.7 Å². The van der Waals surface area contributed by atoms with Crippen molar-refractivity contribution in [3.8, 4) is 0 Å². The fraction of sp³-hybridized carbons (Fsp3) is 0.222. The van der Waals surface area contributed by atoms with Crippen LogP contribution in [0, 0.1) is 5.21 Å². The molecule has 4 aromatic rings. The minimum Gasteiger partial charge on any atom is -0.595 e. The summed E-state index contributed by atoms with van der Waals surface area (Å²) in [6.45, 7) is 1.80. The van der Waals surface area contributed by atoms with Crippen molar-refractivity contribution in [2.75, 3.05) is 0 Å². The van der Waals surface area contributed by atoms with Gasteiger partial charge in [0.25, 0.3) is 17.6 Å². The second-order valence-electron chi connectivity index (χ2n) is 8.59. The summed E-state index contributed by atoms with van der Waals surface area (Å²) in [6.07, 6.45) is -15.8. The lowest BCUT2D eigenvalue weighted by Gasteiger charge is -2.23. The number of benzene rings is 3. The van der Waals surface area contributed by atoms with E-state index in [1.165, 1.54) is 10.7 Å². The Morgan fingerprint density at radius 3 is 2.05 bits per heavy atom. The van der Waals surface area contributed by atoms with Gasteiger partial charge in [-0.05, 0) is 48.7 Å². The molecule has 0 fully saturated rings. The zero-order valence-electron chi connectivity index (χ0n) is 20.2. The number of aromatic nitrogens is 2. The molecular formula is C27H20F6N2O4. The topological polar surface area (TPSA) is 75.2 Å². The maximum atomic E-state index is 13.6. The average molecular weight is 550 g/mol. The quantitative estimate of drug-likeness (QED) is 0.0964. The first-order valence-corrected chi connectivity index (χ1v) is 11.6. The van der Waals surface area contributed by atoms with Crippen LogP contribution in [0.4, 0.5) is 26.3 Å². The van der Waals surface area contributed by atoms with E-state index in [2.05, 4.69) is 4.74 Å². The number of ether oxygens (including phenoxy) is 1. The Balaban J connectivity index is 1.79. The number of ketones is 1. The molecule has 6 nitrogen and oxygen atoms in total. The monoisotopic (exact) mass is 550 g/mol. The third-order valence-electron chi connectivity index (χ3n) is 5.98. The number of hydrogen-bond acceptors (Lipinski definition) is 4. The lowest BCUT2D eigenvalue weighted by atomic mass is 9.98. The molecule has 0 spiro atoms. The van der Waals surface area contributed by atoms with Crippen LogP contribution in [-0.2, 0) is 17.7 Å². The SMILES string of the molecule is CCn1c2ccc(Cc3ccccc3)cc2c(C(=O)c2ccccc2C(=O)OC(C(F)(F)F)C(F)(F)F)[n+]1[O-]. The predicted molar refractivity (Wildman–Crippen MR) is 127 cm³/mol. The summed E-state index contributed by atoms with van der Waals surface area (Å²) < 4.78 is 82.8. The van der Waals surface area contributed by atoms with E-state index in [1.54, 1.807) is 25.1 Å². The van der Waals surface area contributed by atoms with Crippen LogP contribution in [-0.4, -0.2) is 34.9 Å². The molecule has 0 unspecified atom stereocenters. The van der Waals surface area contributed by atoms with Crippen LogP contribution in [0.5, 0.6) is 0 Å². The van der Waals surface area contributed by atoms with Gasteiger partial charge in [-0.25, -0.2) is 4.79 Å². The first kappa shape index (κ1) is 27.7.